The Balaban J connectivity index is 2.06. The van der Waals surface area contributed by atoms with Crippen molar-refractivity contribution in [2.75, 3.05) is 36.9 Å². The summed E-state index contributed by atoms with van der Waals surface area (Å²) in [4.78, 5) is 7.00. The molecule has 2 N–H and O–H groups in total. The second-order valence-corrected chi connectivity index (χ2v) is 5.23. The van der Waals surface area contributed by atoms with Gasteiger partial charge in [0.1, 0.15) is 5.82 Å². The van der Waals surface area contributed by atoms with Gasteiger partial charge in [0.05, 0.1) is 24.4 Å². The number of ether oxygens (including phenoxy) is 1. The monoisotopic (exact) mass is 271 g/mol. The van der Waals surface area contributed by atoms with E-state index in [0.717, 1.165) is 50.2 Å². The summed E-state index contributed by atoms with van der Waals surface area (Å²) in [6.07, 6.45) is 2.07. The van der Waals surface area contributed by atoms with Crippen LogP contribution in [-0.2, 0) is 11.2 Å². The molecule has 1 aliphatic rings. The van der Waals surface area contributed by atoms with Crippen molar-refractivity contribution in [2.45, 2.75) is 19.8 Å². The first-order valence-electron chi connectivity index (χ1n) is 7.30. The van der Waals surface area contributed by atoms with Gasteiger partial charge in [0.25, 0.3) is 0 Å². The summed E-state index contributed by atoms with van der Waals surface area (Å²) < 4.78 is 5.42. The normalized spacial score (nSPS) is 15.8. The van der Waals surface area contributed by atoms with Crippen LogP contribution in [0.4, 0.5) is 11.5 Å². The topological polar surface area (TPSA) is 51.4 Å². The van der Waals surface area contributed by atoms with Crippen LogP contribution in [0.5, 0.6) is 0 Å². The largest absolute Gasteiger partial charge is 0.383 e. The average molecular weight is 271 g/mol. The highest BCUT2D eigenvalue weighted by atomic mass is 16.5. The highest BCUT2D eigenvalue weighted by molar-refractivity contribution is 5.92. The van der Waals surface area contributed by atoms with Gasteiger partial charge in [-0.05, 0) is 24.1 Å². The summed E-state index contributed by atoms with van der Waals surface area (Å²) in [6, 6.07) is 8.52. The van der Waals surface area contributed by atoms with Crippen molar-refractivity contribution in [3.63, 3.8) is 0 Å². The van der Waals surface area contributed by atoms with Gasteiger partial charge in [-0.1, -0.05) is 25.5 Å². The Labute approximate surface area is 119 Å². The van der Waals surface area contributed by atoms with Gasteiger partial charge >= 0.3 is 0 Å². The number of para-hydroxylation sites is 1. The Morgan fingerprint density at radius 1 is 1.30 bits per heavy atom. The molecule has 4 heteroatoms. The summed E-state index contributed by atoms with van der Waals surface area (Å²) in [5, 5.41) is 1.17. The number of aromatic nitrogens is 1. The molecule has 0 spiro atoms. The van der Waals surface area contributed by atoms with E-state index in [1.165, 1.54) is 11.1 Å². The maximum Gasteiger partial charge on any atom is 0.127 e. The first kappa shape index (κ1) is 13.2. The molecule has 20 heavy (non-hydrogen) atoms. The molecule has 3 rings (SSSR count). The van der Waals surface area contributed by atoms with Gasteiger partial charge in [-0.3, -0.25) is 0 Å². The number of aryl methyl sites for hydroxylation is 1. The van der Waals surface area contributed by atoms with Crippen LogP contribution in [0.2, 0.25) is 0 Å². The van der Waals surface area contributed by atoms with E-state index in [4.69, 9.17) is 10.5 Å². The lowest BCUT2D eigenvalue weighted by atomic mass is 10.1. The van der Waals surface area contributed by atoms with Crippen LogP contribution in [0.25, 0.3) is 10.9 Å². The predicted octanol–water partition coefficient (Wildman–Crippen LogP) is 2.61. The standard InChI is InChI=1S/C16H21N3O/c1-2-4-13-11-12-5-3-6-14(15(12)18-16(13)17)19-7-9-20-10-8-19/h3,5-6,11H,2,4,7-10H2,1H3,(H2,17,18). The molecule has 1 aliphatic heterocycles. The Bertz CT molecular complexity index is 606. The van der Waals surface area contributed by atoms with Gasteiger partial charge in [-0.25, -0.2) is 4.98 Å². The van der Waals surface area contributed by atoms with Gasteiger partial charge in [0.15, 0.2) is 0 Å². The molecule has 0 saturated carbocycles. The van der Waals surface area contributed by atoms with Gasteiger partial charge in [-0.15, -0.1) is 0 Å². The molecular formula is C16H21N3O. The first-order chi connectivity index (χ1) is 9.79. The van der Waals surface area contributed by atoms with Crippen molar-refractivity contribution in [1.29, 1.82) is 0 Å². The molecule has 2 aromatic rings. The number of nitrogens with zero attached hydrogens (tertiary/aromatic N) is 2. The van der Waals surface area contributed by atoms with Crippen molar-refractivity contribution in [1.82, 2.24) is 4.98 Å². The third-order valence-corrected chi connectivity index (χ3v) is 3.81. The molecule has 106 valence electrons. The number of nitrogens with two attached hydrogens (primary N) is 1. The summed E-state index contributed by atoms with van der Waals surface area (Å²) in [7, 11) is 0. The number of nitrogen functional groups attached to an aromatic ring is 1. The lowest BCUT2D eigenvalue weighted by Gasteiger charge is -2.29. The van der Waals surface area contributed by atoms with Crippen LogP contribution in [0.3, 0.4) is 0 Å². The van der Waals surface area contributed by atoms with Crippen LogP contribution >= 0.6 is 0 Å². The SMILES string of the molecule is CCCc1cc2cccc(N3CCOCC3)c2nc1N. The van der Waals surface area contributed by atoms with Gasteiger partial charge in [0.2, 0.25) is 0 Å². The predicted molar refractivity (Wildman–Crippen MR) is 83.2 cm³/mol. The molecule has 0 atom stereocenters. The zero-order valence-corrected chi connectivity index (χ0v) is 11.9. The van der Waals surface area contributed by atoms with Crippen molar-refractivity contribution < 1.29 is 4.74 Å². The van der Waals surface area contributed by atoms with E-state index < -0.39 is 0 Å². The number of hydrogen-bond acceptors (Lipinski definition) is 4. The second kappa shape index (κ2) is 5.67. The smallest absolute Gasteiger partial charge is 0.127 e. The minimum Gasteiger partial charge on any atom is -0.383 e. The Hall–Kier alpha value is -1.81. The molecule has 1 aromatic heterocycles. The van der Waals surface area contributed by atoms with Crippen LogP contribution in [0, 0.1) is 0 Å². The quantitative estimate of drug-likeness (QED) is 0.932. The van der Waals surface area contributed by atoms with Crippen molar-refractivity contribution in [3.8, 4) is 0 Å². The maximum atomic E-state index is 6.12. The van der Waals surface area contributed by atoms with Crippen LogP contribution in [0.15, 0.2) is 24.3 Å². The van der Waals surface area contributed by atoms with Crippen LogP contribution in [0.1, 0.15) is 18.9 Å². The summed E-state index contributed by atoms with van der Waals surface area (Å²) in [6.45, 7) is 5.54. The fourth-order valence-electron chi connectivity index (χ4n) is 2.77. The third-order valence-electron chi connectivity index (χ3n) is 3.81. The summed E-state index contributed by atoms with van der Waals surface area (Å²) in [5.41, 5.74) is 9.44. The van der Waals surface area contributed by atoms with E-state index in [-0.39, 0.29) is 0 Å². The minimum atomic E-state index is 0.667. The number of benzene rings is 1. The molecule has 1 fully saturated rings. The van der Waals surface area contributed by atoms with Gasteiger partial charge in [-0.2, -0.15) is 0 Å². The highest BCUT2D eigenvalue weighted by Crippen LogP contribution is 2.28. The Morgan fingerprint density at radius 3 is 2.85 bits per heavy atom. The minimum absolute atomic E-state index is 0.667. The van der Waals surface area contributed by atoms with Gasteiger partial charge in [0, 0.05) is 18.5 Å². The van der Waals surface area contributed by atoms with Gasteiger partial charge < -0.3 is 15.4 Å². The lowest BCUT2D eigenvalue weighted by Crippen LogP contribution is -2.36. The molecule has 4 nitrogen and oxygen atoms in total. The third kappa shape index (κ3) is 2.43. The van der Waals surface area contributed by atoms with E-state index in [2.05, 4.69) is 41.1 Å². The first-order valence-corrected chi connectivity index (χ1v) is 7.30. The van der Waals surface area contributed by atoms with E-state index in [9.17, 15) is 0 Å². The molecule has 0 aliphatic carbocycles. The second-order valence-electron chi connectivity index (χ2n) is 5.23. The molecular weight excluding hydrogens is 250 g/mol. The number of rotatable bonds is 3. The molecule has 0 bridgehead atoms. The highest BCUT2D eigenvalue weighted by Gasteiger charge is 2.15. The molecule has 0 radical (unpaired) electrons. The number of hydrogen-bond donors (Lipinski definition) is 1. The maximum absolute atomic E-state index is 6.12. The number of fused-ring (bicyclic) bond motifs is 1. The molecule has 1 saturated heterocycles. The van der Waals surface area contributed by atoms with E-state index in [0.29, 0.717) is 5.82 Å². The van der Waals surface area contributed by atoms with E-state index in [1.807, 2.05) is 0 Å². The molecule has 0 amide bonds. The zero-order valence-electron chi connectivity index (χ0n) is 11.9. The molecule has 2 heterocycles. The van der Waals surface area contributed by atoms with E-state index in [1.54, 1.807) is 0 Å². The van der Waals surface area contributed by atoms with Crippen molar-refractivity contribution in [2.24, 2.45) is 0 Å². The molecule has 1 aromatic carbocycles. The van der Waals surface area contributed by atoms with Crippen molar-refractivity contribution in [3.05, 3.63) is 29.8 Å². The summed E-state index contributed by atoms with van der Waals surface area (Å²) >= 11 is 0. The number of morpholine rings is 1. The van der Waals surface area contributed by atoms with Crippen LogP contribution in [-0.4, -0.2) is 31.3 Å². The fraction of sp³-hybridized carbons (Fsp3) is 0.438. The fourth-order valence-corrected chi connectivity index (χ4v) is 2.77. The lowest BCUT2D eigenvalue weighted by molar-refractivity contribution is 0.123. The zero-order chi connectivity index (χ0) is 13.9. The Kier molecular flexibility index (Phi) is 3.74. The number of pyridine rings is 1. The number of anilines is 2. The average Bonchev–Trinajstić information content (AvgIpc) is 2.49. The summed E-state index contributed by atoms with van der Waals surface area (Å²) in [5.74, 6) is 0.667. The molecule has 0 unspecified atom stereocenters. The van der Waals surface area contributed by atoms with Crippen molar-refractivity contribution >= 4 is 22.4 Å². The van der Waals surface area contributed by atoms with E-state index >= 15 is 0 Å². The Morgan fingerprint density at radius 2 is 2.10 bits per heavy atom. The van der Waals surface area contributed by atoms with Crippen LogP contribution < -0.4 is 10.6 Å².